The summed E-state index contributed by atoms with van der Waals surface area (Å²) < 4.78 is 44.8. The zero-order chi connectivity index (χ0) is 27.8. The first-order valence-corrected chi connectivity index (χ1v) is 15.1. The molecule has 6 aliphatic rings. The van der Waals surface area contributed by atoms with Gasteiger partial charge >= 0.3 is 0 Å². The van der Waals surface area contributed by atoms with E-state index in [1.165, 1.54) is 11.1 Å². The van der Waals surface area contributed by atoms with Crippen LogP contribution in [-0.2, 0) is 33.2 Å². The van der Waals surface area contributed by atoms with Gasteiger partial charge in [-0.1, -0.05) is 23.3 Å². The summed E-state index contributed by atoms with van der Waals surface area (Å²) >= 11 is 0. The van der Waals surface area contributed by atoms with Crippen molar-refractivity contribution in [1.82, 2.24) is 0 Å². The molecule has 0 aromatic rings. The molecule has 2 saturated carbocycles. The highest BCUT2D eigenvalue weighted by atomic mass is 16.6. The minimum absolute atomic E-state index is 0.0353. The van der Waals surface area contributed by atoms with Gasteiger partial charge in [0.05, 0.1) is 72.9 Å². The molecule has 0 unspecified atom stereocenters. The lowest BCUT2D eigenvalue weighted by Gasteiger charge is -2.48. The van der Waals surface area contributed by atoms with Crippen LogP contribution in [0.4, 0.5) is 0 Å². The van der Waals surface area contributed by atoms with Crippen LogP contribution in [0.5, 0.6) is 0 Å². The lowest BCUT2D eigenvalue weighted by atomic mass is 9.67. The fourth-order valence-corrected chi connectivity index (χ4v) is 8.40. The Morgan fingerprint density at radius 2 is 1.10 bits per heavy atom. The standard InChI is InChI=1S/C32H50O7/c1-19(2)9-11-23-29(5,38-23)27-25(33-7)21(13-15-31(27)17-35-31)37-22-14-16-32(18-36-32)28(26(22)34-8)30(6)24(39-30)12-10-20(3)4/h9-10,21-28H,11-18H2,1-8H3/t21-,22-,23-,24-,25-,26-,27-,28-,29+,30+,31+,32+/m1/s1. The van der Waals surface area contributed by atoms with Crippen molar-refractivity contribution in [2.45, 2.75) is 139 Å². The smallest absolute Gasteiger partial charge is 0.101 e. The fourth-order valence-electron chi connectivity index (χ4n) is 8.40. The van der Waals surface area contributed by atoms with E-state index in [9.17, 15) is 0 Å². The maximum absolute atomic E-state index is 7.06. The molecule has 2 aliphatic carbocycles. The molecule has 2 spiro atoms. The van der Waals surface area contributed by atoms with E-state index in [0.717, 1.165) is 51.7 Å². The van der Waals surface area contributed by atoms with Crippen LogP contribution < -0.4 is 0 Å². The molecule has 0 radical (unpaired) electrons. The molecule has 0 aromatic heterocycles. The molecule has 0 N–H and O–H groups in total. The van der Waals surface area contributed by atoms with Crippen LogP contribution in [-0.4, -0.2) is 86.5 Å². The molecule has 220 valence electrons. The lowest BCUT2D eigenvalue weighted by molar-refractivity contribution is -0.202. The number of allylic oxidation sites excluding steroid dienone is 2. The Hall–Kier alpha value is -0.800. The number of hydrogen-bond donors (Lipinski definition) is 0. The number of rotatable bonds is 10. The Labute approximate surface area is 234 Å². The van der Waals surface area contributed by atoms with Gasteiger partial charge in [0.1, 0.15) is 11.2 Å². The molecule has 4 heterocycles. The van der Waals surface area contributed by atoms with Gasteiger partial charge in [0.25, 0.3) is 0 Å². The molecule has 0 bridgehead atoms. The summed E-state index contributed by atoms with van der Waals surface area (Å²) in [4.78, 5) is 0. The van der Waals surface area contributed by atoms with Gasteiger partial charge in [-0.05, 0) is 80.1 Å². The summed E-state index contributed by atoms with van der Waals surface area (Å²) in [5, 5.41) is 0. The molecular formula is C32H50O7. The molecule has 7 heteroatoms. The van der Waals surface area contributed by atoms with Crippen LogP contribution in [0.2, 0.25) is 0 Å². The predicted molar refractivity (Wildman–Crippen MR) is 148 cm³/mol. The Kier molecular flexibility index (Phi) is 7.18. The van der Waals surface area contributed by atoms with Crippen LogP contribution in [0.1, 0.15) is 80.1 Å². The van der Waals surface area contributed by atoms with Gasteiger partial charge in [-0.3, -0.25) is 0 Å². The van der Waals surface area contributed by atoms with E-state index in [1.54, 1.807) is 0 Å². The van der Waals surface area contributed by atoms with E-state index in [1.807, 2.05) is 14.2 Å². The SMILES string of the molecule is CO[C@@H]1[C@H](O[C@@H]2CC[C@]3(CO3)[C@@H]([C@@]3(C)O[C@@H]3CC=C(C)C)[C@@H]2OC)CC[C@]2(CO2)[C@H]1[C@@]1(C)O[C@@H]1CC=C(C)C. The monoisotopic (exact) mass is 546 g/mol. The minimum Gasteiger partial charge on any atom is -0.378 e. The third-order valence-corrected chi connectivity index (χ3v) is 10.8. The summed E-state index contributed by atoms with van der Waals surface area (Å²) in [5.41, 5.74) is 1.82. The van der Waals surface area contributed by atoms with Crippen molar-refractivity contribution in [3.8, 4) is 0 Å². The Morgan fingerprint density at radius 3 is 1.41 bits per heavy atom. The van der Waals surface area contributed by atoms with Crippen molar-refractivity contribution in [2.24, 2.45) is 11.8 Å². The average molecular weight is 547 g/mol. The first kappa shape index (κ1) is 28.3. The van der Waals surface area contributed by atoms with Crippen molar-refractivity contribution >= 4 is 0 Å². The van der Waals surface area contributed by atoms with Gasteiger partial charge in [-0.2, -0.15) is 0 Å². The normalized spacial score (nSPS) is 51.5. The Balaban J connectivity index is 1.20. The number of hydrogen-bond acceptors (Lipinski definition) is 7. The van der Waals surface area contributed by atoms with E-state index in [2.05, 4.69) is 53.7 Å². The average Bonchev–Trinajstić information content (AvgIpc) is 3.74. The van der Waals surface area contributed by atoms with Crippen molar-refractivity contribution in [2.75, 3.05) is 27.4 Å². The highest BCUT2D eigenvalue weighted by molar-refractivity contribution is 5.23. The quantitative estimate of drug-likeness (QED) is 0.277. The molecule has 4 aliphatic heterocycles. The molecule has 6 fully saturated rings. The van der Waals surface area contributed by atoms with Gasteiger partial charge in [-0.25, -0.2) is 0 Å². The van der Waals surface area contributed by atoms with Crippen LogP contribution in [0.3, 0.4) is 0 Å². The molecule has 4 saturated heterocycles. The summed E-state index contributed by atoms with van der Waals surface area (Å²) in [5.74, 6) is 0.279. The first-order chi connectivity index (χ1) is 18.5. The van der Waals surface area contributed by atoms with E-state index in [0.29, 0.717) is 0 Å². The number of ether oxygens (including phenoxy) is 7. The highest BCUT2D eigenvalue weighted by Crippen LogP contribution is 2.62. The van der Waals surface area contributed by atoms with Gasteiger partial charge in [-0.15, -0.1) is 0 Å². The highest BCUT2D eigenvalue weighted by Gasteiger charge is 2.74. The van der Waals surface area contributed by atoms with E-state index >= 15 is 0 Å². The van der Waals surface area contributed by atoms with Gasteiger partial charge in [0, 0.05) is 14.2 Å². The fraction of sp³-hybridized carbons (Fsp3) is 0.875. The van der Waals surface area contributed by atoms with Gasteiger partial charge in [0.15, 0.2) is 0 Å². The lowest BCUT2D eigenvalue weighted by Crippen LogP contribution is -2.59. The van der Waals surface area contributed by atoms with Crippen molar-refractivity contribution in [1.29, 1.82) is 0 Å². The molecule has 0 aromatic carbocycles. The summed E-state index contributed by atoms with van der Waals surface area (Å²) in [6.07, 6.45) is 10.3. The van der Waals surface area contributed by atoms with E-state index in [4.69, 9.17) is 33.2 Å². The minimum atomic E-state index is -0.264. The molecule has 6 rings (SSSR count). The third kappa shape index (κ3) is 4.88. The van der Waals surface area contributed by atoms with Crippen molar-refractivity contribution < 1.29 is 33.2 Å². The number of epoxide rings is 4. The van der Waals surface area contributed by atoms with Gasteiger partial charge < -0.3 is 33.2 Å². The molecule has 0 amide bonds. The molecule has 12 atom stereocenters. The van der Waals surface area contributed by atoms with E-state index < -0.39 is 0 Å². The van der Waals surface area contributed by atoms with Crippen LogP contribution in [0.25, 0.3) is 0 Å². The first-order valence-electron chi connectivity index (χ1n) is 15.1. The van der Waals surface area contributed by atoms with Crippen LogP contribution in [0.15, 0.2) is 23.3 Å². The number of methoxy groups -OCH3 is 2. The topological polar surface area (TPSA) is 77.8 Å². The molecule has 39 heavy (non-hydrogen) atoms. The van der Waals surface area contributed by atoms with Crippen LogP contribution >= 0.6 is 0 Å². The zero-order valence-corrected chi connectivity index (χ0v) is 25.3. The predicted octanol–water partition coefficient (Wildman–Crippen LogP) is 5.16. The Morgan fingerprint density at radius 1 is 0.718 bits per heavy atom. The maximum atomic E-state index is 7.06. The second kappa shape index (κ2) is 9.89. The second-order valence-corrected chi connectivity index (χ2v) is 14.0. The van der Waals surface area contributed by atoms with Gasteiger partial charge in [0.2, 0.25) is 0 Å². The summed E-state index contributed by atoms with van der Waals surface area (Å²) in [7, 11) is 3.65. The van der Waals surface area contributed by atoms with Crippen molar-refractivity contribution in [3.63, 3.8) is 0 Å². The Bertz CT molecular complexity index is 912. The molecular weight excluding hydrogens is 496 g/mol. The largest absolute Gasteiger partial charge is 0.378 e. The maximum Gasteiger partial charge on any atom is 0.101 e. The van der Waals surface area contributed by atoms with Crippen molar-refractivity contribution in [3.05, 3.63) is 23.3 Å². The van der Waals surface area contributed by atoms with E-state index in [-0.39, 0.29) is 70.9 Å². The summed E-state index contributed by atoms with van der Waals surface area (Å²) in [6, 6.07) is 0. The second-order valence-electron chi connectivity index (χ2n) is 14.0. The van der Waals surface area contributed by atoms with Crippen LogP contribution in [0, 0.1) is 11.8 Å². The third-order valence-electron chi connectivity index (χ3n) is 10.8. The zero-order valence-electron chi connectivity index (χ0n) is 25.3. The molecule has 7 nitrogen and oxygen atoms in total. The summed E-state index contributed by atoms with van der Waals surface area (Å²) in [6.45, 7) is 14.6.